The normalized spacial score (nSPS) is 13.1. The first-order valence-electron chi connectivity index (χ1n) is 6.06. The Morgan fingerprint density at radius 2 is 1.74 bits per heavy atom. The van der Waals surface area contributed by atoms with Gasteiger partial charge in [0.2, 0.25) is 0 Å². The quantitative estimate of drug-likeness (QED) is 0.660. The van der Waals surface area contributed by atoms with Gasteiger partial charge in [0.25, 0.3) is 0 Å². The molecule has 98 valence electrons. The van der Waals surface area contributed by atoms with Crippen LogP contribution in [0.1, 0.15) is 18.5 Å². The molecule has 0 fully saturated rings. The minimum Gasteiger partial charge on any atom is -0.370 e. The number of halogens is 1. The number of anilines is 1. The molecule has 0 radical (unpaired) electrons. The zero-order chi connectivity index (χ0) is 13.7. The fourth-order valence-corrected chi connectivity index (χ4v) is 1.85. The molecule has 19 heavy (non-hydrogen) atoms. The van der Waals surface area contributed by atoms with E-state index in [4.69, 9.17) is 17.3 Å². The number of hydrogen-bond donors (Lipinski definition) is 2. The van der Waals surface area contributed by atoms with Gasteiger partial charge in [0.15, 0.2) is 5.96 Å². The van der Waals surface area contributed by atoms with E-state index in [0.29, 0.717) is 5.96 Å². The lowest BCUT2D eigenvalue weighted by atomic mass is 10.1. The van der Waals surface area contributed by atoms with Crippen molar-refractivity contribution >= 4 is 23.2 Å². The number of hydrogen-bond acceptors (Lipinski definition) is 1. The van der Waals surface area contributed by atoms with Crippen LogP contribution in [0.25, 0.3) is 0 Å². The van der Waals surface area contributed by atoms with Crippen LogP contribution in [0.3, 0.4) is 0 Å². The summed E-state index contributed by atoms with van der Waals surface area (Å²) in [6.07, 6.45) is 0. The van der Waals surface area contributed by atoms with E-state index in [1.807, 2.05) is 61.5 Å². The van der Waals surface area contributed by atoms with Crippen LogP contribution in [0.4, 0.5) is 5.69 Å². The molecule has 0 bridgehead atoms. The van der Waals surface area contributed by atoms with Crippen molar-refractivity contribution < 1.29 is 0 Å². The molecule has 2 aromatic carbocycles. The topological polar surface area (TPSA) is 50.4 Å². The molecule has 0 saturated carbocycles. The lowest BCUT2D eigenvalue weighted by molar-refractivity contribution is 0.817. The van der Waals surface area contributed by atoms with Gasteiger partial charge in [-0.05, 0) is 36.8 Å². The van der Waals surface area contributed by atoms with E-state index in [0.717, 1.165) is 16.3 Å². The van der Waals surface area contributed by atoms with Crippen molar-refractivity contribution in [1.82, 2.24) is 0 Å². The summed E-state index contributed by atoms with van der Waals surface area (Å²) in [7, 11) is 0. The molecule has 4 heteroatoms. The number of guanidine groups is 1. The van der Waals surface area contributed by atoms with E-state index in [2.05, 4.69) is 10.3 Å². The van der Waals surface area contributed by atoms with Gasteiger partial charge in [-0.2, -0.15) is 0 Å². The predicted octanol–water partition coefficient (Wildman–Crippen LogP) is 3.83. The standard InChI is InChI=1S/C15H16ClN3/c1-11(12-7-9-13(16)10-8-12)18-15(17)19-14-5-3-2-4-6-14/h2-11H,1H3,(H3,17,18,19). The van der Waals surface area contributed by atoms with Crippen LogP contribution in [0.15, 0.2) is 59.6 Å². The third-order valence-corrected chi connectivity index (χ3v) is 2.98. The summed E-state index contributed by atoms with van der Waals surface area (Å²) in [6.45, 7) is 1.99. The fourth-order valence-electron chi connectivity index (χ4n) is 1.73. The van der Waals surface area contributed by atoms with Crippen LogP contribution in [-0.4, -0.2) is 5.96 Å². The van der Waals surface area contributed by atoms with Gasteiger partial charge in [-0.1, -0.05) is 41.9 Å². The zero-order valence-electron chi connectivity index (χ0n) is 10.7. The highest BCUT2D eigenvalue weighted by Gasteiger charge is 2.04. The summed E-state index contributed by atoms with van der Waals surface area (Å²) < 4.78 is 0. The van der Waals surface area contributed by atoms with Crippen molar-refractivity contribution in [1.29, 1.82) is 0 Å². The van der Waals surface area contributed by atoms with Crippen LogP contribution >= 0.6 is 11.6 Å². The van der Waals surface area contributed by atoms with Crippen LogP contribution < -0.4 is 11.1 Å². The summed E-state index contributed by atoms with van der Waals surface area (Å²) in [6, 6.07) is 17.3. The number of rotatable bonds is 3. The first-order valence-corrected chi connectivity index (χ1v) is 6.44. The Morgan fingerprint density at radius 1 is 1.11 bits per heavy atom. The second kappa shape index (κ2) is 6.25. The minimum atomic E-state index is -0.0199. The Kier molecular flexibility index (Phi) is 4.42. The first-order chi connectivity index (χ1) is 9.15. The summed E-state index contributed by atoms with van der Waals surface area (Å²) >= 11 is 5.86. The maximum absolute atomic E-state index is 5.89. The van der Waals surface area contributed by atoms with Crippen LogP contribution in [0.5, 0.6) is 0 Å². The summed E-state index contributed by atoms with van der Waals surface area (Å²) in [4.78, 5) is 4.41. The minimum absolute atomic E-state index is 0.0199. The van der Waals surface area contributed by atoms with Crippen LogP contribution in [-0.2, 0) is 0 Å². The third kappa shape index (κ3) is 4.00. The SMILES string of the molecule is CC(N=C(N)Nc1ccccc1)c1ccc(Cl)cc1. The average Bonchev–Trinajstić information content (AvgIpc) is 2.40. The van der Waals surface area contributed by atoms with Gasteiger partial charge in [0.1, 0.15) is 0 Å². The molecular weight excluding hydrogens is 258 g/mol. The van der Waals surface area contributed by atoms with Gasteiger partial charge >= 0.3 is 0 Å². The molecule has 0 aliphatic heterocycles. The van der Waals surface area contributed by atoms with E-state index < -0.39 is 0 Å². The molecule has 3 nitrogen and oxygen atoms in total. The number of benzene rings is 2. The Morgan fingerprint density at radius 3 is 2.37 bits per heavy atom. The molecule has 0 aliphatic rings. The average molecular weight is 274 g/mol. The largest absolute Gasteiger partial charge is 0.370 e. The van der Waals surface area contributed by atoms with Gasteiger partial charge < -0.3 is 11.1 Å². The Bertz CT molecular complexity index is 549. The molecule has 0 heterocycles. The van der Waals surface area contributed by atoms with Crippen molar-refractivity contribution in [2.45, 2.75) is 13.0 Å². The number of aliphatic imine (C=N–C) groups is 1. The van der Waals surface area contributed by atoms with Crippen molar-refractivity contribution in [2.75, 3.05) is 5.32 Å². The van der Waals surface area contributed by atoms with Crippen LogP contribution in [0, 0.1) is 0 Å². The second-order valence-corrected chi connectivity index (χ2v) is 4.67. The van der Waals surface area contributed by atoms with Gasteiger partial charge in [-0.25, -0.2) is 4.99 Å². The van der Waals surface area contributed by atoms with Gasteiger partial charge in [0, 0.05) is 10.7 Å². The maximum atomic E-state index is 5.89. The van der Waals surface area contributed by atoms with E-state index in [-0.39, 0.29) is 6.04 Å². The summed E-state index contributed by atoms with van der Waals surface area (Å²) in [5, 5.41) is 3.77. The second-order valence-electron chi connectivity index (χ2n) is 4.23. The molecule has 0 saturated heterocycles. The summed E-state index contributed by atoms with van der Waals surface area (Å²) in [5.74, 6) is 0.397. The van der Waals surface area contributed by atoms with Gasteiger partial charge in [-0.15, -0.1) is 0 Å². The number of nitrogens with one attached hydrogen (secondary N) is 1. The van der Waals surface area contributed by atoms with E-state index in [1.54, 1.807) is 0 Å². The molecule has 0 aliphatic carbocycles. The molecule has 0 spiro atoms. The van der Waals surface area contributed by atoms with Crippen molar-refractivity contribution in [3.05, 3.63) is 65.2 Å². The lowest BCUT2D eigenvalue weighted by Crippen LogP contribution is -2.23. The van der Waals surface area contributed by atoms with Crippen molar-refractivity contribution in [2.24, 2.45) is 10.7 Å². The summed E-state index contributed by atoms with van der Waals surface area (Å²) in [5.41, 5.74) is 7.88. The fraction of sp³-hybridized carbons (Fsp3) is 0.133. The third-order valence-electron chi connectivity index (χ3n) is 2.73. The molecule has 2 aromatic rings. The van der Waals surface area contributed by atoms with Crippen molar-refractivity contribution in [3.8, 4) is 0 Å². The lowest BCUT2D eigenvalue weighted by Gasteiger charge is -2.10. The number of nitrogens with zero attached hydrogens (tertiary/aromatic N) is 1. The molecule has 3 N–H and O–H groups in total. The Hall–Kier alpha value is -2.00. The smallest absolute Gasteiger partial charge is 0.193 e. The van der Waals surface area contributed by atoms with E-state index >= 15 is 0 Å². The van der Waals surface area contributed by atoms with E-state index in [1.165, 1.54) is 0 Å². The molecule has 1 unspecified atom stereocenters. The predicted molar refractivity (Wildman–Crippen MR) is 81.6 cm³/mol. The molecule has 2 rings (SSSR count). The Labute approximate surface area is 118 Å². The van der Waals surface area contributed by atoms with Gasteiger partial charge in [0.05, 0.1) is 6.04 Å². The van der Waals surface area contributed by atoms with Crippen LogP contribution in [0.2, 0.25) is 5.02 Å². The van der Waals surface area contributed by atoms with Crippen molar-refractivity contribution in [3.63, 3.8) is 0 Å². The highest BCUT2D eigenvalue weighted by atomic mass is 35.5. The molecular formula is C15H16ClN3. The highest BCUT2D eigenvalue weighted by molar-refractivity contribution is 6.30. The zero-order valence-corrected chi connectivity index (χ0v) is 11.4. The monoisotopic (exact) mass is 273 g/mol. The number of nitrogens with two attached hydrogens (primary N) is 1. The molecule has 1 atom stereocenters. The van der Waals surface area contributed by atoms with Gasteiger partial charge in [-0.3, -0.25) is 0 Å². The first kappa shape index (κ1) is 13.4. The number of para-hydroxylation sites is 1. The molecule has 0 aromatic heterocycles. The molecule has 0 amide bonds. The Balaban J connectivity index is 2.06. The van der Waals surface area contributed by atoms with E-state index in [9.17, 15) is 0 Å². The maximum Gasteiger partial charge on any atom is 0.193 e. The highest BCUT2D eigenvalue weighted by Crippen LogP contribution is 2.19.